The van der Waals surface area contributed by atoms with Gasteiger partial charge in [-0.25, -0.2) is 18.4 Å². The van der Waals surface area contributed by atoms with Crippen LogP contribution in [0.15, 0.2) is 28.7 Å². The number of piperidine rings is 1. The molecule has 0 aliphatic carbocycles. The Hall–Kier alpha value is -2.00. The summed E-state index contributed by atoms with van der Waals surface area (Å²) >= 11 is 0. The Morgan fingerprint density at radius 2 is 1.84 bits per heavy atom. The summed E-state index contributed by atoms with van der Waals surface area (Å²) in [5.41, 5.74) is 1.39. The van der Waals surface area contributed by atoms with E-state index in [1.165, 1.54) is 16.8 Å². The number of imidazole rings is 1. The Balaban J connectivity index is 1.66. The molecule has 0 N–H and O–H groups in total. The molecule has 0 aromatic carbocycles. The summed E-state index contributed by atoms with van der Waals surface area (Å²) in [6.45, 7) is 5.06. The normalized spacial score (nSPS) is 17.1. The fourth-order valence-electron chi connectivity index (χ4n) is 3.07. The van der Waals surface area contributed by atoms with Crippen molar-refractivity contribution in [1.82, 2.24) is 23.4 Å². The monoisotopic (exact) mass is 365 g/mol. The van der Waals surface area contributed by atoms with E-state index >= 15 is 0 Å². The van der Waals surface area contributed by atoms with Gasteiger partial charge in [0.2, 0.25) is 0 Å². The predicted molar refractivity (Wildman–Crippen MR) is 92.7 cm³/mol. The molecule has 1 aliphatic heterocycles. The number of hydrogen-bond acceptors (Lipinski definition) is 5. The third kappa shape index (κ3) is 3.52. The van der Waals surface area contributed by atoms with Crippen molar-refractivity contribution >= 4 is 10.0 Å². The van der Waals surface area contributed by atoms with Crippen LogP contribution in [-0.4, -0.2) is 44.9 Å². The number of sulfonamides is 1. The van der Waals surface area contributed by atoms with Crippen LogP contribution in [0.2, 0.25) is 0 Å². The van der Waals surface area contributed by atoms with E-state index in [0.717, 1.165) is 5.69 Å². The Morgan fingerprint density at radius 3 is 2.44 bits per heavy atom. The molecule has 0 radical (unpaired) electrons. The number of nitrogens with zero attached hydrogens (tertiary/aromatic N) is 5. The summed E-state index contributed by atoms with van der Waals surface area (Å²) in [7, 11) is -1.79. The van der Waals surface area contributed by atoms with Crippen molar-refractivity contribution in [2.75, 3.05) is 13.1 Å². The zero-order chi connectivity index (χ0) is 18.2. The van der Waals surface area contributed by atoms with Gasteiger partial charge < -0.3 is 4.57 Å². The van der Waals surface area contributed by atoms with Crippen molar-refractivity contribution in [3.8, 4) is 0 Å². The Kier molecular flexibility index (Phi) is 4.79. The largest absolute Gasteiger partial charge is 0.339 e. The van der Waals surface area contributed by atoms with Crippen LogP contribution in [0.5, 0.6) is 0 Å². The molecule has 25 heavy (non-hydrogen) atoms. The van der Waals surface area contributed by atoms with Gasteiger partial charge in [-0.2, -0.15) is 4.31 Å². The van der Waals surface area contributed by atoms with Crippen molar-refractivity contribution in [1.29, 1.82) is 0 Å². The van der Waals surface area contributed by atoms with Crippen molar-refractivity contribution in [3.05, 3.63) is 40.5 Å². The van der Waals surface area contributed by atoms with Crippen molar-refractivity contribution < 1.29 is 8.42 Å². The summed E-state index contributed by atoms with van der Waals surface area (Å²) < 4.78 is 29.9. The number of rotatable bonds is 4. The zero-order valence-electron chi connectivity index (χ0n) is 14.7. The van der Waals surface area contributed by atoms with E-state index in [2.05, 4.69) is 9.97 Å². The first-order valence-corrected chi connectivity index (χ1v) is 9.74. The lowest BCUT2D eigenvalue weighted by molar-refractivity contribution is 0.250. The highest BCUT2D eigenvalue weighted by atomic mass is 32.2. The molecule has 0 saturated carbocycles. The van der Waals surface area contributed by atoms with Crippen LogP contribution in [0.25, 0.3) is 0 Å². The van der Waals surface area contributed by atoms with Crippen LogP contribution in [0.1, 0.15) is 24.1 Å². The second kappa shape index (κ2) is 6.72. The molecule has 136 valence electrons. The van der Waals surface area contributed by atoms with Crippen LogP contribution in [0, 0.1) is 19.8 Å². The average Bonchev–Trinajstić information content (AvgIpc) is 3.03. The van der Waals surface area contributed by atoms with E-state index in [9.17, 15) is 13.2 Å². The summed E-state index contributed by atoms with van der Waals surface area (Å²) in [6.07, 6.45) is 6.01. The van der Waals surface area contributed by atoms with E-state index in [4.69, 9.17) is 0 Å². The lowest BCUT2D eigenvalue weighted by Gasteiger charge is -2.30. The van der Waals surface area contributed by atoms with Crippen LogP contribution in [0.3, 0.4) is 0 Å². The van der Waals surface area contributed by atoms with Gasteiger partial charge in [0.1, 0.15) is 0 Å². The van der Waals surface area contributed by atoms with E-state index in [1.807, 2.05) is 6.92 Å². The first-order valence-electron chi connectivity index (χ1n) is 8.30. The molecular weight excluding hydrogens is 342 g/mol. The van der Waals surface area contributed by atoms with Crippen molar-refractivity contribution in [3.63, 3.8) is 0 Å². The predicted octanol–water partition coefficient (Wildman–Crippen LogP) is 0.695. The maximum atomic E-state index is 12.6. The van der Waals surface area contributed by atoms with E-state index in [-0.39, 0.29) is 16.5 Å². The topological polar surface area (TPSA) is 90.1 Å². The van der Waals surface area contributed by atoms with Crippen LogP contribution in [0.4, 0.5) is 0 Å². The fraction of sp³-hybridized carbons (Fsp3) is 0.562. The highest BCUT2D eigenvalue weighted by molar-refractivity contribution is 7.89. The molecule has 0 amide bonds. The summed E-state index contributed by atoms with van der Waals surface area (Å²) in [5, 5.41) is 0.0861. The van der Waals surface area contributed by atoms with Crippen LogP contribution in [-0.2, 0) is 23.6 Å². The van der Waals surface area contributed by atoms with Gasteiger partial charge in [-0.15, -0.1) is 0 Å². The molecule has 1 fully saturated rings. The quantitative estimate of drug-likeness (QED) is 0.795. The highest BCUT2D eigenvalue weighted by Crippen LogP contribution is 2.23. The van der Waals surface area contributed by atoms with E-state index in [0.29, 0.717) is 38.0 Å². The van der Waals surface area contributed by atoms with Gasteiger partial charge in [0.25, 0.3) is 15.6 Å². The van der Waals surface area contributed by atoms with Gasteiger partial charge in [-0.1, -0.05) is 0 Å². The Morgan fingerprint density at radius 1 is 1.16 bits per heavy atom. The van der Waals surface area contributed by atoms with E-state index < -0.39 is 10.0 Å². The Labute approximate surface area is 147 Å². The lowest BCUT2D eigenvalue weighted by atomic mass is 9.98. The minimum atomic E-state index is -3.54. The SMILES string of the molecule is Cc1ncn(CC2CCN(S(=O)(=O)c3cn(C)cn3)CC2)c(=O)c1C. The molecule has 1 aliphatic rings. The van der Waals surface area contributed by atoms with Crippen molar-refractivity contribution in [2.45, 2.75) is 38.3 Å². The first kappa shape index (κ1) is 17.8. The zero-order valence-corrected chi connectivity index (χ0v) is 15.5. The minimum absolute atomic E-state index is 0.0176. The molecule has 0 unspecified atom stereocenters. The number of hydrogen-bond donors (Lipinski definition) is 0. The van der Waals surface area contributed by atoms with Crippen molar-refractivity contribution in [2.24, 2.45) is 13.0 Å². The molecule has 8 nitrogen and oxygen atoms in total. The molecule has 0 atom stereocenters. The molecule has 0 bridgehead atoms. The summed E-state index contributed by atoms with van der Waals surface area (Å²) in [6, 6.07) is 0. The second-order valence-electron chi connectivity index (χ2n) is 6.64. The maximum Gasteiger partial charge on any atom is 0.262 e. The smallest absolute Gasteiger partial charge is 0.262 e. The van der Waals surface area contributed by atoms with E-state index in [1.54, 1.807) is 29.4 Å². The van der Waals surface area contributed by atoms with Gasteiger partial charge in [0.05, 0.1) is 12.7 Å². The third-order valence-corrected chi connectivity index (χ3v) is 6.61. The molecule has 1 saturated heterocycles. The molecular formula is C16H23N5O3S. The Bertz CT molecular complexity index is 923. The summed E-state index contributed by atoms with van der Waals surface area (Å²) in [4.78, 5) is 20.5. The van der Waals surface area contributed by atoms with Gasteiger partial charge >= 0.3 is 0 Å². The lowest BCUT2D eigenvalue weighted by Crippen LogP contribution is -2.40. The van der Waals surface area contributed by atoms with Gasteiger partial charge in [0, 0.05) is 44.1 Å². The molecule has 2 aromatic rings. The fourth-order valence-corrected chi connectivity index (χ4v) is 4.51. The van der Waals surface area contributed by atoms with Gasteiger partial charge in [0.15, 0.2) is 5.03 Å². The van der Waals surface area contributed by atoms with Crippen LogP contribution < -0.4 is 5.56 Å². The number of aromatic nitrogens is 4. The summed E-state index contributed by atoms with van der Waals surface area (Å²) in [5.74, 6) is 0.261. The van der Waals surface area contributed by atoms with Gasteiger partial charge in [-0.05, 0) is 32.6 Å². The molecule has 2 aromatic heterocycles. The molecule has 3 heterocycles. The molecule has 3 rings (SSSR count). The minimum Gasteiger partial charge on any atom is -0.339 e. The second-order valence-corrected chi connectivity index (χ2v) is 8.52. The molecule has 0 spiro atoms. The van der Waals surface area contributed by atoms with Crippen LogP contribution >= 0.6 is 0 Å². The van der Waals surface area contributed by atoms with Gasteiger partial charge in [-0.3, -0.25) is 9.36 Å². The highest BCUT2D eigenvalue weighted by Gasteiger charge is 2.31. The molecule has 9 heteroatoms. The average molecular weight is 365 g/mol. The standard InChI is InChI=1S/C16H23N5O3S/c1-12-13(2)17-11-20(16(12)22)8-14-4-6-21(7-5-14)25(23,24)15-9-19(3)10-18-15/h9-11,14H,4-8H2,1-3H3. The third-order valence-electron chi connectivity index (χ3n) is 4.83. The first-order chi connectivity index (χ1) is 11.8. The maximum absolute atomic E-state index is 12.6. The number of aryl methyl sites for hydroxylation is 2.